The first-order chi connectivity index (χ1) is 7.81. The number of carbonyl (C=O) groups excluding carboxylic acids is 1. The Labute approximate surface area is 96.3 Å². The van der Waals surface area contributed by atoms with Crippen LogP contribution in [0.25, 0.3) is 0 Å². The second kappa shape index (κ2) is 5.95. The molecule has 1 aliphatic heterocycles. The van der Waals surface area contributed by atoms with Gasteiger partial charge in [0, 0.05) is 11.8 Å². The Morgan fingerprint density at radius 1 is 1.19 bits per heavy atom. The van der Waals surface area contributed by atoms with Gasteiger partial charge in [-0.25, -0.2) is 0 Å². The summed E-state index contributed by atoms with van der Waals surface area (Å²) in [4.78, 5) is 13.2. The lowest BCUT2D eigenvalue weighted by Gasteiger charge is -2.15. The predicted octanol–water partition coefficient (Wildman–Crippen LogP) is 2.59. The third-order valence-corrected chi connectivity index (χ3v) is 2.19. The van der Waals surface area contributed by atoms with Gasteiger partial charge < -0.3 is 9.64 Å². The quantitative estimate of drug-likeness (QED) is 0.765. The van der Waals surface area contributed by atoms with E-state index in [-0.39, 0.29) is 5.91 Å². The van der Waals surface area contributed by atoms with Gasteiger partial charge in [0.15, 0.2) is 0 Å². The van der Waals surface area contributed by atoms with Crippen molar-refractivity contribution < 1.29 is 9.53 Å². The van der Waals surface area contributed by atoms with Crippen molar-refractivity contribution in [1.82, 2.24) is 0 Å². The first kappa shape index (κ1) is 12.3. The van der Waals surface area contributed by atoms with E-state index in [2.05, 4.69) is 0 Å². The summed E-state index contributed by atoms with van der Waals surface area (Å²) in [6.07, 6.45) is 1.52. The molecule has 3 heteroatoms. The molecule has 0 aromatic heterocycles. The molecule has 0 aliphatic carbocycles. The normalized spacial score (nSPS) is 14.1. The zero-order valence-electron chi connectivity index (χ0n) is 9.93. The van der Waals surface area contributed by atoms with E-state index < -0.39 is 0 Å². The van der Waals surface area contributed by atoms with Gasteiger partial charge in [-0.15, -0.1) is 0 Å². The number of rotatable bonds is 2. The second-order valence-electron chi connectivity index (χ2n) is 3.07. The summed E-state index contributed by atoms with van der Waals surface area (Å²) in [7, 11) is 1.58. The van der Waals surface area contributed by atoms with Crippen molar-refractivity contribution in [2.45, 2.75) is 13.8 Å². The van der Waals surface area contributed by atoms with E-state index in [0.29, 0.717) is 12.3 Å². The molecule has 2 rings (SSSR count). The Balaban J connectivity index is 0.000000606. The van der Waals surface area contributed by atoms with Crippen molar-refractivity contribution in [1.29, 1.82) is 0 Å². The summed E-state index contributed by atoms with van der Waals surface area (Å²) in [6, 6.07) is 9.56. The highest BCUT2D eigenvalue weighted by Crippen LogP contribution is 2.20. The van der Waals surface area contributed by atoms with Crippen LogP contribution in [0.4, 0.5) is 5.69 Å². The highest BCUT2D eigenvalue weighted by atomic mass is 16.5. The molecule has 0 unspecified atom stereocenters. The SMILES string of the molecule is CC.COC1=CC(=O)N(c2ccccc2)C1. The molecular weight excluding hydrogens is 202 g/mol. The third-order valence-electron chi connectivity index (χ3n) is 2.19. The fourth-order valence-electron chi connectivity index (χ4n) is 1.44. The van der Waals surface area contributed by atoms with Crippen LogP contribution in [-0.2, 0) is 9.53 Å². The van der Waals surface area contributed by atoms with E-state index >= 15 is 0 Å². The first-order valence-corrected chi connectivity index (χ1v) is 5.42. The van der Waals surface area contributed by atoms with Gasteiger partial charge in [0.05, 0.1) is 13.7 Å². The molecule has 0 fully saturated rings. The summed E-state index contributed by atoms with van der Waals surface area (Å²) in [6.45, 7) is 4.53. The number of hydrogen-bond acceptors (Lipinski definition) is 2. The molecule has 0 bridgehead atoms. The van der Waals surface area contributed by atoms with Crippen LogP contribution < -0.4 is 4.90 Å². The second-order valence-corrected chi connectivity index (χ2v) is 3.07. The third kappa shape index (κ3) is 2.63. The number of para-hydroxylation sites is 1. The molecule has 1 aliphatic rings. The molecule has 0 radical (unpaired) electrons. The first-order valence-electron chi connectivity index (χ1n) is 5.42. The Hall–Kier alpha value is -1.77. The molecular formula is C13H17NO2. The number of carbonyl (C=O) groups is 1. The molecule has 0 N–H and O–H groups in total. The lowest BCUT2D eigenvalue weighted by molar-refractivity contribution is -0.113. The topological polar surface area (TPSA) is 29.5 Å². The standard InChI is InChI=1S/C11H11NO2.C2H6/c1-14-10-7-11(13)12(8-10)9-5-3-2-4-6-9;1-2/h2-7H,8H2,1H3;1-2H3. The Morgan fingerprint density at radius 2 is 1.81 bits per heavy atom. The summed E-state index contributed by atoms with van der Waals surface area (Å²) >= 11 is 0. The van der Waals surface area contributed by atoms with Crippen molar-refractivity contribution in [2.24, 2.45) is 0 Å². The van der Waals surface area contributed by atoms with Gasteiger partial charge in [0.2, 0.25) is 0 Å². The van der Waals surface area contributed by atoms with E-state index in [1.807, 2.05) is 44.2 Å². The monoisotopic (exact) mass is 219 g/mol. The Bertz CT molecular complexity index is 371. The number of anilines is 1. The van der Waals surface area contributed by atoms with E-state index in [1.54, 1.807) is 12.0 Å². The molecule has 0 spiro atoms. The smallest absolute Gasteiger partial charge is 0.254 e. The average molecular weight is 219 g/mol. The molecule has 1 amide bonds. The van der Waals surface area contributed by atoms with E-state index in [9.17, 15) is 4.79 Å². The van der Waals surface area contributed by atoms with Crippen LogP contribution in [0.1, 0.15) is 13.8 Å². The lowest BCUT2D eigenvalue weighted by Crippen LogP contribution is -2.25. The van der Waals surface area contributed by atoms with E-state index in [4.69, 9.17) is 4.74 Å². The van der Waals surface area contributed by atoms with Crippen molar-refractivity contribution in [2.75, 3.05) is 18.6 Å². The molecule has 86 valence electrons. The largest absolute Gasteiger partial charge is 0.499 e. The zero-order chi connectivity index (χ0) is 12.0. The fourth-order valence-corrected chi connectivity index (χ4v) is 1.44. The minimum atomic E-state index is -0.0203. The van der Waals surface area contributed by atoms with Crippen LogP contribution in [-0.4, -0.2) is 19.6 Å². The lowest BCUT2D eigenvalue weighted by atomic mass is 10.3. The van der Waals surface area contributed by atoms with Crippen LogP contribution in [0.15, 0.2) is 42.2 Å². The number of nitrogens with zero attached hydrogens (tertiary/aromatic N) is 1. The summed E-state index contributed by atoms with van der Waals surface area (Å²) in [5.41, 5.74) is 0.904. The molecule has 16 heavy (non-hydrogen) atoms. The highest BCUT2D eigenvalue weighted by Gasteiger charge is 2.22. The van der Waals surface area contributed by atoms with Gasteiger partial charge in [-0.3, -0.25) is 4.79 Å². The number of benzene rings is 1. The average Bonchev–Trinajstić information content (AvgIpc) is 2.74. The highest BCUT2D eigenvalue weighted by molar-refractivity contribution is 6.04. The van der Waals surface area contributed by atoms with Crippen LogP contribution >= 0.6 is 0 Å². The molecule has 1 aromatic rings. The summed E-state index contributed by atoms with van der Waals surface area (Å²) in [5, 5.41) is 0. The van der Waals surface area contributed by atoms with Gasteiger partial charge in [-0.1, -0.05) is 32.0 Å². The van der Waals surface area contributed by atoms with Gasteiger partial charge in [0.25, 0.3) is 5.91 Å². The van der Waals surface area contributed by atoms with Crippen LogP contribution in [0.5, 0.6) is 0 Å². The van der Waals surface area contributed by atoms with Crippen molar-refractivity contribution in [3.63, 3.8) is 0 Å². The maximum absolute atomic E-state index is 11.5. The van der Waals surface area contributed by atoms with E-state index in [1.165, 1.54) is 6.08 Å². The van der Waals surface area contributed by atoms with Crippen LogP contribution in [0.3, 0.4) is 0 Å². The minimum absolute atomic E-state index is 0.0203. The van der Waals surface area contributed by atoms with Crippen molar-refractivity contribution in [3.05, 3.63) is 42.2 Å². The molecule has 3 nitrogen and oxygen atoms in total. The van der Waals surface area contributed by atoms with Crippen molar-refractivity contribution >= 4 is 11.6 Å². The predicted molar refractivity (Wildman–Crippen MR) is 65.2 cm³/mol. The maximum Gasteiger partial charge on any atom is 0.254 e. The Kier molecular flexibility index (Phi) is 4.58. The Morgan fingerprint density at radius 3 is 2.31 bits per heavy atom. The minimum Gasteiger partial charge on any atom is -0.499 e. The zero-order valence-corrected chi connectivity index (χ0v) is 9.93. The maximum atomic E-state index is 11.5. The molecule has 1 aromatic carbocycles. The molecule has 1 heterocycles. The molecule has 0 saturated carbocycles. The number of methoxy groups -OCH3 is 1. The molecule has 0 atom stereocenters. The van der Waals surface area contributed by atoms with Crippen LogP contribution in [0.2, 0.25) is 0 Å². The summed E-state index contributed by atoms with van der Waals surface area (Å²) < 4.78 is 5.03. The van der Waals surface area contributed by atoms with Gasteiger partial charge in [-0.05, 0) is 12.1 Å². The molecule has 0 saturated heterocycles. The van der Waals surface area contributed by atoms with Crippen LogP contribution in [0, 0.1) is 0 Å². The van der Waals surface area contributed by atoms with Crippen molar-refractivity contribution in [3.8, 4) is 0 Å². The fraction of sp³-hybridized carbons (Fsp3) is 0.308. The number of amides is 1. The number of hydrogen-bond donors (Lipinski definition) is 0. The van der Waals surface area contributed by atoms with Gasteiger partial charge >= 0.3 is 0 Å². The summed E-state index contributed by atoms with van der Waals surface area (Å²) in [5.74, 6) is 0.687. The number of ether oxygens (including phenoxy) is 1. The van der Waals surface area contributed by atoms with E-state index in [0.717, 1.165) is 5.69 Å². The van der Waals surface area contributed by atoms with Gasteiger partial charge in [-0.2, -0.15) is 0 Å². The van der Waals surface area contributed by atoms with Gasteiger partial charge in [0.1, 0.15) is 5.76 Å².